The fourth-order valence-electron chi connectivity index (χ4n) is 2.56. The van der Waals surface area contributed by atoms with Crippen molar-refractivity contribution in [3.8, 4) is 0 Å². The molecule has 1 fully saturated rings. The number of aromatic nitrogens is 3. The van der Waals surface area contributed by atoms with Crippen LogP contribution in [0.2, 0.25) is 5.02 Å². The fourth-order valence-corrected chi connectivity index (χ4v) is 2.69. The van der Waals surface area contributed by atoms with E-state index in [0.717, 1.165) is 37.0 Å². The van der Waals surface area contributed by atoms with E-state index in [0.29, 0.717) is 12.5 Å². The minimum atomic E-state index is 0. The lowest BCUT2D eigenvalue weighted by molar-refractivity contribution is 0.380. The van der Waals surface area contributed by atoms with E-state index in [4.69, 9.17) is 17.3 Å². The Labute approximate surface area is 163 Å². The van der Waals surface area contributed by atoms with Gasteiger partial charge in [0.15, 0.2) is 5.96 Å². The lowest BCUT2D eigenvalue weighted by Crippen LogP contribution is -2.51. The Morgan fingerprint density at radius 2 is 1.88 bits per heavy atom. The molecule has 2 heterocycles. The van der Waals surface area contributed by atoms with Crippen LogP contribution in [0.25, 0.3) is 0 Å². The molecule has 0 aliphatic carbocycles. The molecule has 130 valence electrons. The number of guanidine groups is 1. The van der Waals surface area contributed by atoms with Crippen molar-refractivity contribution in [3.05, 3.63) is 41.4 Å². The topological polar surface area (TPSA) is 75.6 Å². The van der Waals surface area contributed by atoms with E-state index < -0.39 is 0 Å². The van der Waals surface area contributed by atoms with Crippen molar-refractivity contribution in [1.82, 2.24) is 19.7 Å². The van der Waals surface area contributed by atoms with Gasteiger partial charge < -0.3 is 15.5 Å². The van der Waals surface area contributed by atoms with Crippen LogP contribution < -0.4 is 10.6 Å². The monoisotopic (exact) mass is 461 g/mol. The van der Waals surface area contributed by atoms with Gasteiger partial charge in [-0.1, -0.05) is 11.6 Å². The van der Waals surface area contributed by atoms with Crippen molar-refractivity contribution >= 4 is 47.2 Å². The average Bonchev–Trinajstić information content (AvgIpc) is 2.99. The molecule has 0 radical (unpaired) electrons. The normalized spacial score (nSPS) is 15.3. The van der Waals surface area contributed by atoms with Crippen LogP contribution in [0, 0.1) is 0 Å². The number of halogens is 2. The third kappa shape index (κ3) is 4.50. The van der Waals surface area contributed by atoms with Crippen LogP contribution in [0.3, 0.4) is 0 Å². The van der Waals surface area contributed by atoms with E-state index in [2.05, 4.69) is 24.9 Å². The number of nitrogens with two attached hydrogens (primary N) is 1. The molecule has 1 aliphatic rings. The smallest absolute Gasteiger partial charge is 0.191 e. The first-order chi connectivity index (χ1) is 11.1. The minimum Gasteiger partial charge on any atom is -0.370 e. The van der Waals surface area contributed by atoms with E-state index in [9.17, 15) is 0 Å². The summed E-state index contributed by atoms with van der Waals surface area (Å²) in [6.07, 6.45) is 1.52. The number of aryl methyl sites for hydroxylation is 1. The number of piperazine rings is 1. The fraction of sp³-hybridized carbons (Fsp3) is 0.400. The maximum absolute atomic E-state index is 6.10. The van der Waals surface area contributed by atoms with Gasteiger partial charge in [0.2, 0.25) is 0 Å². The van der Waals surface area contributed by atoms with Crippen molar-refractivity contribution in [2.24, 2.45) is 17.8 Å². The van der Waals surface area contributed by atoms with Crippen molar-refractivity contribution in [1.29, 1.82) is 0 Å². The molecule has 2 N–H and O–H groups in total. The molecule has 2 aromatic rings. The maximum atomic E-state index is 6.10. The summed E-state index contributed by atoms with van der Waals surface area (Å²) in [5.41, 5.74) is 7.29. The van der Waals surface area contributed by atoms with Gasteiger partial charge in [0, 0.05) is 43.9 Å². The summed E-state index contributed by atoms with van der Waals surface area (Å²) in [6, 6.07) is 7.92. The molecule has 7 nitrogen and oxygen atoms in total. The van der Waals surface area contributed by atoms with Crippen molar-refractivity contribution in [2.45, 2.75) is 6.54 Å². The summed E-state index contributed by atoms with van der Waals surface area (Å²) in [5.74, 6) is 1.36. The molecular weight excluding hydrogens is 441 g/mol. The Morgan fingerprint density at radius 3 is 2.46 bits per heavy atom. The van der Waals surface area contributed by atoms with E-state index in [1.54, 1.807) is 4.68 Å². The van der Waals surface area contributed by atoms with Gasteiger partial charge in [-0.2, -0.15) is 5.10 Å². The van der Waals surface area contributed by atoms with Crippen LogP contribution in [-0.2, 0) is 13.6 Å². The van der Waals surface area contributed by atoms with Crippen LogP contribution in [0.5, 0.6) is 0 Å². The summed E-state index contributed by atoms with van der Waals surface area (Å²) in [6.45, 7) is 3.94. The third-order valence-corrected chi connectivity index (χ3v) is 4.24. The first kappa shape index (κ1) is 18.8. The quantitative estimate of drug-likeness (QED) is 0.428. The second-order valence-corrected chi connectivity index (χ2v) is 5.86. The highest BCUT2D eigenvalue weighted by atomic mass is 127. The summed E-state index contributed by atoms with van der Waals surface area (Å²) < 4.78 is 1.70. The number of anilines is 1. The molecule has 1 saturated heterocycles. The van der Waals surface area contributed by atoms with E-state index >= 15 is 0 Å². The lowest BCUT2D eigenvalue weighted by atomic mass is 10.2. The summed E-state index contributed by atoms with van der Waals surface area (Å²) in [7, 11) is 1.85. The molecular formula is C15H21ClIN7. The predicted molar refractivity (Wildman–Crippen MR) is 107 cm³/mol. The van der Waals surface area contributed by atoms with Crippen LogP contribution >= 0.6 is 35.6 Å². The van der Waals surface area contributed by atoms with Gasteiger partial charge in [0.1, 0.15) is 18.7 Å². The second-order valence-electron chi connectivity index (χ2n) is 5.42. The van der Waals surface area contributed by atoms with Gasteiger partial charge in [0.25, 0.3) is 0 Å². The van der Waals surface area contributed by atoms with Crippen molar-refractivity contribution < 1.29 is 0 Å². The first-order valence-electron chi connectivity index (χ1n) is 7.52. The summed E-state index contributed by atoms with van der Waals surface area (Å²) in [5, 5.41) is 4.78. The number of aliphatic imine (C=N–C) groups is 1. The van der Waals surface area contributed by atoms with E-state index in [1.165, 1.54) is 12.0 Å². The zero-order valence-electron chi connectivity index (χ0n) is 13.5. The van der Waals surface area contributed by atoms with Gasteiger partial charge in [-0.15, -0.1) is 24.0 Å². The molecule has 1 aromatic carbocycles. The first-order valence-corrected chi connectivity index (χ1v) is 7.89. The number of nitrogens with zero attached hydrogens (tertiary/aromatic N) is 6. The average molecular weight is 462 g/mol. The van der Waals surface area contributed by atoms with Gasteiger partial charge in [0.05, 0.1) is 0 Å². The molecule has 1 aliphatic heterocycles. The number of hydrogen-bond acceptors (Lipinski definition) is 4. The molecule has 3 rings (SSSR count). The molecule has 0 unspecified atom stereocenters. The van der Waals surface area contributed by atoms with Crippen molar-refractivity contribution in [3.63, 3.8) is 0 Å². The van der Waals surface area contributed by atoms with Crippen LogP contribution in [0.15, 0.2) is 35.6 Å². The highest BCUT2D eigenvalue weighted by molar-refractivity contribution is 14.0. The molecule has 0 bridgehead atoms. The lowest BCUT2D eigenvalue weighted by Gasteiger charge is -2.36. The number of benzene rings is 1. The predicted octanol–water partition coefficient (Wildman–Crippen LogP) is 1.72. The highest BCUT2D eigenvalue weighted by Crippen LogP contribution is 2.19. The molecule has 1 aromatic heterocycles. The standard InChI is InChI=1S/C15H20ClN7.HI/c1-21-14(19-11-20-21)10-18-15(17)23-8-6-22(7-9-23)13-4-2-12(16)3-5-13;/h2-5,11H,6-10H2,1H3,(H2,17,18);1H. The Balaban J connectivity index is 0.00000208. The molecule has 0 spiro atoms. The Hall–Kier alpha value is -1.55. The van der Waals surface area contributed by atoms with E-state index in [-0.39, 0.29) is 24.0 Å². The Morgan fingerprint density at radius 1 is 1.21 bits per heavy atom. The summed E-state index contributed by atoms with van der Waals surface area (Å²) in [4.78, 5) is 13.0. The van der Waals surface area contributed by atoms with Gasteiger partial charge >= 0.3 is 0 Å². The zero-order valence-corrected chi connectivity index (χ0v) is 16.6. The minimum absolute atomic E-state index is 0. The van der Waals surface area contributed by atoms with Crippen molar-refractivity contribution in [2.75, 3.05) is 31.1 Å². The molecule has 9 heteroatoms. The molecule has 0 atom stereocenters. The maximum Gasteiger partial charge on any atom is 0.191 e. The zero-order chi connectivity index (χ0) is 16.2. The highest BCUT2D eigenvalue weighted by Gasteiger charge is 2.18. The number of rotatable bonds is 3. The van der Waals surface area contributed by atoms with Gasteiger partial charge in [-0.3, -0.25) is 4.68 Å². The largest absolute Gasteiger partial charge is 0.370 e. The van der Waals surface area contributed by atoms with Gasteiger partial charge in [-0.25, -0.2) is 9.98 Å². The molecule has 24 heavy (non-hydrogen) atoms. The second kappa shape index (κ2) is 8.52. The Kier molecular flexibility index (Phi) is 6.67. The summed E-state index contributed by atoms with van der Waals surface area (Å²) >= 11 is 5.93. The Bertz CT molecular complexity index is 677. The molecule has 0 amide bonds. The van der Waals surface area contributed by atoms with Crippen LogP contribution in [0.4, 0.5) is 5.69 Å². The number of hydrogen-bond donors (Lipinski definition) is 1. The molecule has 0 saturated carbocycles. The van der Waals surface area contributed by atoms with Crippen LogP contribution in [0.1, 0.15) is 5.82 Å². The SMILES string of the molecule is Cn1ncnc1CN=C(N)N1CCN(c2ccc(Cl)cc2)CC1.I. The third-order valence-electron chi connectivity index (χ3n) is 3.98. The van der Waals surface area contributed by atoms with Gasteiger partial charge in [-0.05, 0) is 24.3 Å². The van der Waals surface area contributed by atoms with Crippen LogP contribution in [-0.4, -0.2) is 51.8 Å². The van der Waals surface area contributed by atoms with E-state index in [1.807, 2.05) is 31.3 Å².